The van der Waals surface area contributed by atoms with Gasteiger partial charge in [-0.2, -0.15) is 5.10 Å². The van der Waals surface area contributed by atoms with Crippen LogP contribution in [0.3, 0.4) is 0 Å². The maximum Gasteiger partial charge on any atom is 0.322 e. The predicted octanol–water partition coefficient (Wildman–Crippen LogP) is 2.43. The van der Waals surface area contributed by atoms with Crippen LogP contribution in [0.15, 0.2) is 42.7 Å². The molecule has 1 aliphatic heterocycles. The van der Waals surface area contributed by atoms with Crippen LogP contribution in [0.2, 0.25) is 0 Å². The normalized spacial score (nSPS) is 16.8. The van der Waals surface area contributed by atoms with Gasteiger partial charge in [-0.15, -0.1) is 0 Å². The Kier molecular flexibility index (Phi) is 3.90. The molecule has 1 aromatic heterocycles. The van der Waals surface area contributed by atoms with Crippen LogP contribution >= 0.6 is 0 Å². The molecule has 1 aliphatic rings. The highest BCUT2D eigenvalue weighted by molar-refractivity contribution is 5.94. The maximum atomic E-state index is 12.4. The molecule has 0 radical (unpaired) electrons. The average molecular weight is 284 g/mol. The van der Waals surface area contributed by atoms with Crippen LogP contribution in [0.25, 0.3) is 0 Å². The Morgan fingerprint density at radius 2 is 2.24 bits per heavy atom. The largest absolute Gasteiger partial charge is 0.338 e. The van der Waals surface area contributed by atoms with E-state index in [0.717, 1.165) is 25.1 Å². The number of nitrogens with zero attached hydrogens (tertiary/aromatic N) is 3. The summed E-state index contributed by atoms with van der Waals surface area (Å²) in [6, 6.07) is 10.2. The monoisotopic (exact) mass is 284 g/mol. The molecule has 0 unspecified atom stereocenters. The molecule has 5 heteroatoms. The van der Waals surface area contributed by atoms with Crippen molar-refractivity contribution in [3.63, 3.8) is 0 Å². The molecule has 1 N–H and O–H groups in total. The number of aromatic nitrogens is 2. The summed E-state index contributed by atoms with van der Waals surface area (Å²) in [4.78, 5) is 14.2. The highest BCUT2D eigenvalue weighted by Crippen LogP contribution is 2.31. The number of hydrogen-bond acceptors (Lipinski definition) is 2. The summed E-state index contributed by atoms with van der Waals surface area (Å²) in [7, 11) is 0. The molecule has 1 atom stereocenters. The van der Waals surface area contributed by atoms with Gasteiger partial charge in [0.05, 0.1) is 0 Å². The summed E-state index contributed by atoms with van der Waals surface area (Å²) in [5.41, 5.74) is 2.28. The van der Waals surface area contributed by atoms with Gasteiger partial charge in [0.1, 0.15) is 0 Å². The van der Waals surface area contributed by atoms with Crippen LogP contribution in [0, 0.1) is 0 Å². The number of hydrogen-bond donors (Lipinski definition) is 1. The zero-order valence-electron chi connectivity index (χ0n) is 12.2. The molecule has 2 amide bonds. The number of fused-ring (bicyclic) bond motifs is 1. The van der Waals surface area contributed by atoms with Gasteiger partial charge in [0.15, 0.2) is 0 Å². The van der Waals surface area contributed by atoms with Gasteiger partial charge in [0.25, 0.3) is 0 Å². The first kappa shape index (κ1) is 13.7. The van der Waals surface area contributed by atoms with E-state index >= 15 is 0 Å². The standard InChI is InChI=1S/C16H20N4O/c1-13-12-14-6-2-3-7-15(14)20(13)16(21)17-8-4-10-19-11-5-9-18-19/h2-3,5-7,9,11,13H,4,8,10,12H2,1H3,(H,17,21)/t13-/m0/s1. The second-order valence-electron chi connectivity index (χ2n) is 5.41. The van der Waals surface area contributed by atoms with Gasteiger partial charge in [-0.05, 0) is 37.5 Å². The number of aryl methyl sites for hydroxylation is 1. The number of carbonyl (C=O) groups excluding carboxylic acids is 1. The van der Waals surface area contributed by atoms with E-state index in [4.69, 9.17) is 0 Å². The van der Waals surface area contributed by atoms with Crippen molar-refractivity contribution in [1.29, 1.82) is 0 Å². The topological polar surface area (TPSA) is 50.2 Å². The Bertz CT molecular complexity index is 608. The highest BCUT2D eigenvalue weighted by atomic mass is 16.2. The minimum atomic E-state index is -0.00656. The molecule has 0 saturated heterocycles. The van der Waals surface area contributed by atoms with Crippen molar-refractivity contribution in [3.05, 3.63) is 48.3 Å². The molecule has 5 nitrogen and oxygen atoms in total. The van der Waals surface area contributed by atoms with E-state index in [9.17, 15) is 4.79 Å². The molecule has 0 aliphatic carbocycles. The fourth-order valence-electron chi connectivity index (χ4n) is 2.83. The maximum absolute atomic E-state index is 12.4. The summed E-state index contributed by atoms with van der Waals surface area (Å²) < 4.78 is 1.87. The lowest BCUT2D eigenvalue weighted by Gasteiger charge is -2.23. The van der Waals surface area contributed by atoms with Crippen LogP contribution in [-0.4, -0.2) is 28.4 Å². The minimum absolute atomic E-state index is 0.00656. The number of rotatable bonds is 4. The van der Waals surface area contributed by atoms with Gasteiger partial charge < -0.3 is 5.32 Å². The fourth-order valence-corrected chi connectivity index (χ4v) is 2.83. The van der Waals surface area contributed by atoms with Crippen molar-refractivity contribution >= 4 is 11.7 Å². The number of benzene rings is 1. The first-order valence-corrected chi connectivity index (χ1v) is 7.38. The zero-order chi connectivity index (χ0) is 14.7. The molecule has 1 aromatic carbocycles. The highest BCUT2D eigenvalue weighted by Gasteiger charge is 2.30. The molecular weight excluding hydrogens is 264 g/mol. The van der Waals surface area contributed by atoms with E-state index in [1.165, 1.54) is 5.56 Å². The lowest BCUT2D eigenvalue weighted by molar-refractivity contribution is 0.244. The van der Waals surface area contributed by atoms with Crippen LogP contribution in [0.4, 0.5) is 10.5 Å². The van der Waals surface area contributed by atoms with Gasteiger partial charge in [-0.25, -0.2) is 4.79 Å². The van der Waals surface area contributed by atoms with Crippen LogP contribution in [0.5, 0.6) is 0 Å². The van der Waals surface area contributed by atoms with Crippen molar-refractivity contribution < 1.29 is 4.79 Å². The number of para-hydroxylation sites is 1. The number of anilines is 1. The fraction of sp³-hybridized carbons (Fsp3) is 0.375. The summed E-state index contributed by atoms with van der Waals surface area (Å²) in [5, 5.41) is 7.15. The molecule has 2 heterocycles. The second-order valence-corrected chi connectivity index (χ2v) is 5.41. The Balaban J connectivity index is 1.53. The lowest BCUT2D eigenvalue weighted by atomic mass is 10.1. The summed E-state index contributed by atoms with van der Waals surface area (Å²) >= 11 is 0. The molecule has 0 spiro atoms. The van der Waals surface area contributed by atoms with Crippen molar-refractivity contribution in [1.82, 2.24) is 15.1 Å². The molecule has 21 heavy (non-hydrogen) atoms. The quantitative estimate of drug-likeness (QED) is 0.877. The van der Waals surface area contributed by atoms with Crippen LogP contribution in [0.1, 0.15) is 18.9 Å². The van der Waals surface area contributed by atoms with Gasteiger partial charge in [-0.1, -0.05) is 18.2 Å². The molecule has 0 bridgehead atoms. The number of urea groups is 1. The summed E-state index contributed by atoms with van der Waals surface area (Å²) in [6.07, 6.45) is 5.50. The van der Waals surface area contributed by atoms with E-state index in [1.807, 2.05) is 40.0 Å². The average Bonchev–Trinajstić information content (AvgIpc) is 3.09. The van der Waals surface area contributed by atoms with Gasteiger partial charge >= 0.3 is 6.03 Å². The predicted molar refractivity (Wildman–Crippen MR) is 82.3 cm³/mol. The summed E-state index contributed by atoms with van der Waals surface area (Å²) in [6.45, 7) is 3.56. The van der Waals surface area contributed by atoms with Gasteiger partial charge in [0.2, 0.25) is 0 Å². The molecule has 3 rings (SSSR count). The van der Waals surface area contributed by atoms with Crippen LogP contribution < -0.4 is 10.2 Å². The van der Waals surface area contributed by atoms with Crippen LogP contribution in [-0.2, 0) is 13.0 Å². The van der Waals surface area contributed by atoms with Crippen molar-refractivity contribution in [2.24, 2.45) is 0 Å². The smallest absolute Gasteiger partial charge is 0.322 e. The van der Waals surface area contributed by atoms with Gasteiger partial charge in [0, 0.05) is 37.2 Å². The van der Waals surface area contributed by atoms with E-state index in [2.05, 4.69) is 23.4 Å². The third-order valence-corrected chi connectivity index (χ3v) is 3.83. The Hall–Kier alpha value is -2.30. The van der Waals surface area contributed by atoms with E-state index < -0.39 is 0 Å². The molecule has 0 fully saturated rings. The van der Waals surface area contributed by atoms with Gasteiger partial charge in [-0.3, -0.25) is 9.58 Å². The summed E-state index contributed by atoms with van der Waals surface area (Å²) in [5.74, 6) is 0. The Morgan fingerprint density at radius 1 is 1.38 bits per heavy atom. The van der Waals surface area contributed by atoms with Crippen molar-refractivity contribution in [3.8, 4) is 0 Å². The van der Waals surface area contributed by atoms with Crippen molar-refractivity contribution in [2.75, 3.05) is 11.4 Å². The third-order valence-electron chi connectivity index (χ3n) is 3.83. The Labute approximate surface area is 124 Å². The number of carbonyl (C=O) groups is 1. The van der Waals surface area contributed by atoms with Crippen molar-refractivity contribution in [2.45, 2.75) is 32.4 Å². The first-order chi connectivity index (χ1) is 10.3. The number of amides is 2. The molecular formula is C16H20N4O. The minimum Gasteiger partial charge on any atom is -0.338 e. The van der Waals surface area contributed by atoms with E-state index in [-0.39, 0.29) is 12.1 Å². The lowest BCUT2D eigenvalue weighted by Crippen LogP contribution is -2.43. The number of nitrogens with one attached hydrogen (secondary N) is 1. The zero-order valence-corrected chi connectivity index (χ0v) is 12.2. The molecule has 0 saturated carbocycles. The molecule has 110 valence electrons. The third kappa shape index (κ3) is 2.91. The first-order valence-electron chi connectivity index (χ1n) is 7.38. The van der Waals surface area contributed by atoms with E-state index in [0.29, 0.717) is 6.54 Å². The molecule has 2 aromatic rings. The Morgan fingerprint density at radius 3 is 3.05 bits per heavy atom. The SMILES string of the molecule is C[C@H]1Cc2ccccc2N1C(=O)NCCCn1cccn1. The second kappa shape index (κ2) is 5.99. The van der Waals surface area contributed by atoms with E-state index in [1.54, 1.807) is 6.20 Å².